The van der Waals surface area contributed by atoms with Crippen LogP contribution in [0.2, 0.25) is 0 Å². The standard InChI is InChI=1S/C22H21N5O4/c1-27-16(11-19(26-27)22(28)29)12-21-24-7-4-18(25-21)14-2-3-20(15(10-14)13-23)31-17-5-8-30-9-6-17/h2-4,7,10-11,17H,5-6,8-9,12H2,1H3,(H,28,29). The summed E-state index contributed by atoms with van der Waals surface area (Å²) in [5.41, 5.74) is 2.55. The summed E-state index contributed by atoms with van der Waals surface area (Å²) in [6, 6.07) is 10.9. The van der Waals surface area contributed by atoms with Crippen LogP contribution >= 0.6 is 0 Å². The van der Waals surface area contributed by atoms with Crippen molar-refractivity contribution in [1.29, 1.82) is 5.26 Å². The summed E-state index contributed by atoms with van der Waals surface area (Å²) >= 11 is 0. The second-order valence-electron chi connectivity index (χ2n) is 7.24. The molecular weight excluding hydrogens is 398 g/mol. The van der Waals surface area contributed by atoms with Gasteiger partial charge >= 0.3 is 5.97 Å². The molecule has 0 bridgehead atoms. The van der Waals surface area contributed by atoms with E-state index in [-0.39, 0.29) is 11.8 Å². The third kappa shape index (κ3) is 4.70. The van der Waals surface area contributed by atoms with Crippen molar-refractivity contribution in [1.82, 2.24) is 19.7 Å². The lowest BCUT2D eigenvalue weighted by atomic mass is 10.1. The average Bonchev–Trinajstić information content (AvgIpc) is 3.15. The first kappa shape index (κ1) is 20.5. The van der Waals surface area contributed by atoms with Gasteiger partial charge in [-0.1, -0.05) is 0 Å². The molecule has 0 radical (unpaired) electrons. The maximum absolute atomic E-state index is 11.1. The molecule has 1 aliphatic rings. The normalized spacial score (nSPS) is 14.2. The van der Waals surface area contributed by atoms with E-state index < -0.39 is 5.97 Å². The number of ether oxygens (including phenoxy) is 2. The van der Waals surface area contributed by atoms with Crippen molar-refractivity contribution in [3.8, 4) is 23.1 Å². The maximum atomic E-state index is 11.1. The van der Waals surface area contributed by atoms with Gasteiger partial charge in [-0.3, -0.25) is 4.68 Å². The fourth-order valence-corrected chi connectivity index (χ4v) is 3.44. The molecule has 1 aliphatic heterocycles. The number of nitrogens with zero attached hydrogens (tertiary/aromatic N) is 5. The van der Waals surface area contributed by atoms with Gasteiger partial charge < -0.3 is 14.6 Å². The van der Waals surface area contributed by atoms with Crippen LogP contribution in [0.25, 0.3) is 11.3 Å². The van der Waals surface area contributed by atoms with Gasteiger partial charge in [-0.15, -0.1) is 0 Å². The highest BCUT2D eigenvalue weighted by atomic mass is 16.5. The summed E-state index contributed by atoms with van der Waals surface area (Å²) in [5.74, 6) is 0.00519. The number of aryl methyl sites for hydroxylation is 1. The molecular formula is C22H21N5O4. The van der Waals surface area contributed by atoms with E-state index in [0.29, 0.717) is 48.2 Å². The zero-order valence-electron chi connectivity index (χ0n) is 17.0. The molecule has 0 unspecified atom stereocenters. The van der Waals surface area contributed by atoms with Gasteiger partial charge in [0.2, 0.25) is 0 Å². The van der Waals surface area contributed by atoms with E-state index >= 15 is 0 Å². The molecule has 0 saturated carbocycles. The lowest BCUT2D eigenvalue weighted by molar-refractivity contribution is 0.0254. The Bertz CT molecular complexity index is 1150. The van der Waals surface area contributed by atoms with Crippen LogP contribution in [0.15, 0.2) is 36.5 Å². The molecule has 0 amide bonds. The number of aromatic nitrogens is 4. The summed E-state index contributed by atoms with van der Waals surface area (Å²) in [7, 11) is 1.68. The molecule has 1 aromatic carbocycles. The average molecular weight is 419 g/mol. The largest absolute Gasteiger partial charge is 0.489 e. The summed E-state index contributed by atoms with van der Waals surface area (Å²) in [6.07, 6.45) is 3.64. The Morgan fingerprint density at radius 2 is 2.13 bits per heavy atom. The van der Waals surface area contributed by atoms with Gasteiger partial charge in [0.05, 0.1) is 24.5 Å². The van der Waals surface area contributed by atoms with Gasteiger partial charge in [-0.05, 0) is 30.3 Å². The van der Waals surface area contributed by atoms with Crippen molar-refractivity contribution in [2.45, 2.75) is 25.4 Å². The topological polar surface area (TPSA) is 123 Å². The molecule has 31 heavy (non-hydrogen) atoms. The second kappa shape index (κ2) is 8.93. The van der Waals surface area contributed by atoms with Crippen molar-refractivity contribution in [3.63, 3.8) is 0 Å². The van der Waals surface area contributed by atoms with E-state index in [4.69, 9.17) is 14.6 Å². The number of benzene rings is 1. The molecule has 0 atom stereocenters. The molecule has 0 spiro atoms. The van der Waals surface area contributed by atoms with Crippen LogP contribution in [0.4, 0.5) is 0 Å². The van der Waals surface area contributed by atoms with Gasteiger partial charge in [0.25, 0.3) is 0 Å². The first-order valence-corrected chi connectivity index (χ1v) is 9.90. The maximum Gasteiger partial charge on any atom is 0.356 e. The number of carbonyl (C=O) groups is 1. The lowest BCUT2D eigenvalue weighted by Crippen LogP contribution is -2.26. The number of nitriles is 1. The SMILES string of the molecule is Cn1nc(C(=O)O)cc1Cc1nccc(-c2ccc(OC3CCOCC3)c(C#N)c2)n1. The number of rotatable bonds is 6. The Labute approximate surface area is 178 Å². The first-order chi connectivity index (χ1) is 15.0. The van der Waals surface area contributed by atoms with Crippen LogP contribution in [0.5, 0.6) is 5.75 Å². The van der Waals surface area contributed by atoms with Crippen LogP contribution in [0.3, 0.4) is 0 Å². The minimum atomic E-state index is -1.08. The summed E-state index contributed by atoms with van der Waals surface area (Å²) < 4.78 is 12.9. The summed E-state index contributed by atoms with van der Waals surface area (Å²) in [6.45, 7) is 1.33. The highest BCUT2D eigenvalue weighted by Gasteiger charge is 2.18. The van der Waals surface area contributed by atoms with Crippen molar-refractivity contribution in [2.75, 3.05) is 13.2 Å². The second-order valence-corrected chi connectivity index (χ2v) is 7.24. The number of hydrogen-bond donors (Lipinski definition) is 1. The third-order valence-electron chi connectivity index (χ3n) is 5.10. The zero-order chi connectivity index (χ0) is 21.8. The molecule has 1 saturated heterocycles. The molecule has 4 rings (SSSR count). The number of carboxylic acids is 1. The van der Waals surface area contributed by atoms with Gasteiger partial charge in [-0.2, -0.15) is 10.4 Å². The minimum absolute atomic E-state index is 0.0209. The lowest BCUT2D eigenvalue weighted by Gasteiger charge is -2.23. The molecule has 9 nitrogen and oxygen atoms in total. The van der Waals surface area contributed by atoms with E-state index in [1.807, 2.05) is 6.07 Å². The van der Waals surface area contributed by atoms with Crippen LogP contribution in [-0.4, -0.2) is 50.1 Å². The quantitative estimate of drug-likeness (QED) is 0.647. The Morgan fingerprint density at radius 1 is 1.32 bits per heavy atom. The van der Waals surface area contributed by atoms with Crippen LogP contribution in [0.1, 0.15) is 40.4 Å². The van der Waals surface area contributed by atoms with Gasteiger partial charge in [0, 0.05) is 43.8 Å². The molecule has 3 heterocycles. The van der Waals surface area contributed by atoms with E-state index in [1.54, 1.807) is 31.4 Å². The van der Waals surface area contributed by atoms with Crippen molar-refractivity contribution < 1.29 is 19.4 Å². The van der Waals surface area contributed by atoms with E-state index in [2.05, 4.69) is 21.1 Å². The summed E-state index contributed by atoms with van der Waals surface area (Å²) in [5, 5.41) is 22.7. The number of aromatic carboxylic acids is 1. The molecule has 1 fully saturated rings. The summed E-state index contributed by atoms with van der Waals surface area (Å²) in [4.78, 5) is 20.0. The van der Waals surface area contributed by atoms with E-state index in [0.717, 1.165) is 18.4 Å². The predicted octanol–water partition coefficient (Wildman–Crippen LogP) is 2.60. The molecule has 0 aliphatic carbocycles. The van der Waals surface area contributed by atoms with Gasteiger partial charge in [-0.25, -0.2) is 14.8 Å². The van der Waals surface area contributed by atoms with Gasteiger partial charge in [0.15, 0.2) is 5.69 Å². The first-order valence-electron chi connectivity index (χ1n) is 9.90. The predicted molar refractivity (Wildman–Crippen MR) is 110 cm³/mol. The number of hydrogen-bond acceptors (Lipinski definition) is 7. The molecule has 158 valence electrons. The zero-order valence-corrected chi connectivity index (χ0v) is 17.0. The van der Waals surface area contributed by atoms with Crippen molar-refractivity contribution in [2.24, 2.45) is 7.05 Å². The van der Waals surface area contributed by atoms with E-state index in [1.165, 1.54) is 10.7 Å². The van der Waals surface area contributed by atoms with Crippen molar-refractivity contribution in [3.05, 3.63) is 59.3 Å². The monoisotopic (exact) mass is 419 g/mol. The van der Waals surface area contributed by atoms with Crippen LogP contribution in [-0.2, 0) is 18.2 Å². The van der Waals surface area contributed by atoms with Crippen LogP contribution < -0.4 is 4.74 Å². The molecule has 2 aromatic heterocycles. The van der Waals surface area contributed by atoms with Crippen molar-refractivity contribution >= 4 is 5.97 Å². The smallest absolute Gasteiger partial charge is 0.356 e. The minimum Gasteiger partial charge on any atom is -0.489 e. The number of carboxylic acid groups (broad SMARTS) is 1. The fraction of sp³-hybridized carbons (Fsp3) is 0.318. The highest BCUT2D eigenvalue weighted by Crippen LogP contribution is 2.27. The van der Waals surface area contributed by atoms with E-state index in [9.17, 15) is 10.1 Å². The fourth-order valence-electron chi connectivity index (χ4n) is 3.44. The molecule has 9 heteroatoms. The van der Waals surface area contributed by atoms with Gasteiger partial charge in [0.1, 0.15) is 23.7 Å². The third-order valence-corrected chi connectivity index (χ3v) is 5.10. The Kier molecular flexibility index (Phi) is 5.91. The Morgan fingerprint density at radius 3 is 2.84 bits per heavy atom. The highest BCUT2D eigenvalue weighted by molar-refractivity contribution is 5.85. The molecule has 1 N–H and O–H groups in total. The Balaban J connectivity index is 1.56. The van der Waals surface area contributed by atoms with Crippen LogP contribution in [0, 0.1) is 11.3 Å². The molecule has 3 aromatic rings. The Hall–Kier alpha value is -3.77.